The van der Waals surface area contributed by atoms with E-state index in [9.17, 15) is 9.59 Å². The number of aromatic nitrogens is 3. The maximum Gasteiger partial charge on any atom is 0.435 e. The van der Waals surface area contributed by atoms with Crippen LogP contribution in [0.2, 0.25) is 0 Å². The van der Waals surface area contributed by atoms with Crippen molar-refractivity contribution in [2.45, 2.75) is 38.7 Å². The summed E-state index contributed by atoms with van der Waals surface area (Å²) >= 11 is 0. The molecule has 7 nitrogen and oxygen atoms in total. The molecule has 1 aliphatic rings. The Kier molecular flexibility index (Phi) is 4.37. The molecule has 1 saturated carbocycles. The summed E-state index contributed by atoms with van der Waals surface area (Å²) in [7, 11) is 0. The second kappa shape index (κ2) is 6.74. The van der Waals surface area contributed by atoms with Crippen LogP contribution in [0.15, 0.2) is 48.9 Å². The number of carbonyl (C=O) groups is 2. The summed E-state index contributed by atoms with van der Waals surface area (Å²) in [6.45, 7) is 5.41. The molecule has 1 aromatic carbocycles. The Morgan fingerprint density at radius 3 is 2.75 bits per heavy atom. The van der Waals surface area contributed by atoms with Gasteiger partial charge in [0.15, 0.2) is 0 Å². The smallest absolute Gasteiger partial charge is 0.435 e. The van der Waals surface area contributed by atoms with Crippen molar-refractivity contribution in [2.75, 3.05) is 5.32 Å². The molecule has 2 heterocycles. The fourth-order valence-corrected chi connectivity index (χ4v) is 3.23. The summed E-state index contributed by atoms with van der Waals surface area (Å²) in [4.78, 5) is 29.1. The Bertz CT molecular complexity index is 1040. The molecule has 4 rings (SSSR count). The van der Waals surface area contributed by atoms with Crippen LogP contribution < -0.4 is 5.32 Å². The number of hydrogen-bond acceptors (Lipinski definition) is 5. The zero-order chi connectivity index (χ0) is 19.9. The minimum absolute atomic E-state index is 0.0310. The predicted octanol–water partition coefficient (Wildman–Crippen LogP) is 3.96. The Hall–Kier alpha value is -3.22. The maximum absolute atomic E-state index is 12.6. The third-order valence-electron chi connectivity index (χ3n) is 4.64. The standard InChI is InChI=1S/C21H22N4O3/c1-21(2,3)28-20(27)25-18-9-15(7-6-14(18)12-23-25)24-19(26)17-10-16(17)13-5-4-8-22-11-13/h4-9,11-12,16-17H,10H2,1-3H3,(H,24,26). The largest absolute Gasteiger partial charge is 0.442 e. The molecular weight excluding hydrogens is 356 g/mol. The summed E-state index contributed by atoms with van der Waals surface area (Å²) in [5, 5.41) is 7.86. The number of fused-ring (bicyclic) bond motifs is 1. The van der Waals surface area contributed by atoms with E-state index in [-0.39, 0.29) is 17.7 Å². The highest BCUT2D eigenvalue weighted by Gasteiger charge is 2.44. The first-order chi connectivity index (χ1) is 13.3. The van der Waals surface area contributed by atoms with Gasteiger partial charge in [0.05, 0.1) is 11.7 Å². The molecule has 0 spiro atoms. The molecule has 0 radical (unpaired) electrons. The van der Waals surface area contributed by atoms with Crippen molar-refractivity contribution < 1.29 is 14.3 Å². The number of nitrogens with one attached hydrogen (secondary N) is 1. The molecule has 0 aliphatic heterocycles. The first-order valence-electron chi connectivity index (χ1n) is 9.24. The number of rotatable bonds is 3. The second-order valence-electron chi connectivity index (χ2n) is 8.03. The monoisotopic (exact) mass is 378 g/mol. The maximum atomic E-state index is 12.6. The van der Waals surface area contributed by atoms with Gasteiger partial charge < -0.3 is 10.1 Å². The van der Waals surface area contributed by atoms with E-state index in [1.165, 1.54) is 4.68 Å². The lowest BCUT2D eigenvalue weighted by atomic mass is 10.1. The van der Waals surface area contributed by atoms with Gasteiger partial charge in [-0.1, -0.05) is 6.07 Å². The minimum Gasteiger partial charge on any atom is -0.442 e. The SMILES string of the molecule is CC(C)(C)OC(=O)n1ncc2ccc(NC(=O)C3CC3c3cccnc3)cc21. The molecule has 0 saturated heterocycles. The molecule has 1 amide bonds. The Labute approximate surface area is 162 Å². The quantitative estimate of drug-likeness (QED) is 0.746. The van der Waals surface area contributed by atoms with Crippen LogP contribution in [-0.2, 0) is 9.53 Å². The first kappa shape index (κ1) is 18.2. The number of benzene rings is 1. The van der Waals surface area contributed by atoms with Gasteiger partial charge in [-0.15, -0.1) is 0 Å². The number of anilines is 1. The van der Waals surface area contributed by atoms with Crippen molar-refractivity contribution in [1.82, 2.24) is 14.8 Å². The van der Waals surface area contributed by atoms with Crippen molar-refractivity contribution >= 4 is 28.6 Å². The number of ether oxygens (including phenoxy) is 1. The molecule has 1 N–H and O–H groups in total. The zero-order valence-corrected chi connectivity index (χ0v) is 16.0. The summed E-state index contributed by atoms with van der Waals surface area (Å²) in [5.74, 6) is 0.122. The molecule has 28 heavy (non-hydrogen) atoms. The third-order valence-corrected chi connectivity index (χ3v) is 4.64. The molecule has 3 aromatic rings. The molecule has 7 heteroatoms. The van der Waals surface area contributed by atoms with E-state index in [1.54, 1.807) is 39.2 Å². The van der Waals surface area contributed by atoms with Crippen molar-refractivity contribution in [3.63, 3.8) is 0 Å². The van der Waals surface area contributed by atoms with Crippen molar-refractivity contribution in [1.29, 1.82) is 0 Å². The molecule has 1 fully saturated rings. The summed E-state index contributed by atoms with van der Waals surface area (Å²) in [6.07, 6.45) is 5.40. The van der Waals surface area contributed by atoms with E-state index in [4.69, 9.17) is 4.74 Å². The molecule has 2 unspecified atom stereocenters. The highest BCUT2D eigenvalue weighted by molar-refractivity contribution is 5.98. The van der Waals surface area contributed by atoms with Gasteiger partial charge in [-0.2, -0.15) is 9.78 Å². The fraction of sp³-hybridized carbons (Fsp3) is 0.333. The Morgan fingerprint density at radius 2 is 2.04 bits per heavy atom. The van der Waals surface area contributed by atoms with Gasteiger partial charge in [0.1, 0.15) is 5.60 Å². The first-order valence-corrected chi connectivity index (χ1v) is 9.24. The van der Waals surface area contributed by atoms with Gasteiger partial charge in [-0.05, 0) is 62.9 Å². The van der Waals surface area contributed by atoms with E-state index in [0.717, 1.165) is 17.4 Å². The average molecular weight is 378 g/mol. The number of nitrogens with zero attached hydrogens (tertiary/aromatic N) is 3. The van der Waals surface area contributed by atoms with Crippen molar-refractivity contribution in [3.8, 4) is 0 Å². The lowest BCUT2D eigenvalue weighted by Crippen LogP contribution is -2.27. The van der Waals surface area contributed by atoms with Crippen LogP contribution in [0.3, 0.4) is 0 Å². The normalized spacial score (nSPS) is 18.7. The summed E-state index contributed by atoms with van der Waals surface area (Å²) in [5.41, 5.74) is 1.68. The van der Waals surface area contributed by atoms with E-state index in [2.05, 4.69) is 15.4 Å². The van der Waals surface area contributed by atoms with Gasteiger partial charge in [-0.25, -0.2) is 4.79 Å². The van der Waals surface area contributed by atoms with E-state index in [1.807, 2.05) is 30.5 Å². The van der Waals surface area contributed by atoms with Gasteiger partial charge in [0.2, 0.25) is 5.91 Å². The zero-order valence-electron chi connectivity index (χ0n) is 16.0. The van der Waals surface area contributed by atoms with Crippen LogP contribution in [0.1, 0.15) is 38.7 Å². The number of amides is 1. The molecule has 2 atom stereocenters. The number of pyridine rings is 1. The van der Waals surface area contributed by atoms with Crippen LogP contribution in [0.5, 0.6) is 0 Å². The van der Waals surface area contributed by atoms with Gasteiger partial charge in [-0.3, -0.25) is 9.78 Å². The second-order valence-corrected chi connectivity index (χ2v) is 8.03. The molecule has 0 bridgehead atoms. The van der Waals surface area contributed by atoms with Gasteiger partial charge in [0, 0.05) is 29.4 Å². The number of hydrogen-bond donors (Lipinski definition) is 1. The molecular formula is C21H22N4O3. The van der Waals surface area contributed by atoms with E-state index in [0.29, 0.717) is 11.2 Å². The van der Waals surface area contributed by atoms with Crippen molar-refractivity contribution in [2.24, 2.45) is 5.92 Å². The third kappa shape index (κ3) is 3.74. The van der Waals surface area contributed by atoms with Gasteiger partial charge >= 0.3 is 6.09 Å². The highest BCUT2D eigenvalue weighted by Crippen LogP contribution is 2.47. The lowest BCUT2D eigenvalue weighted by Gasteiger charge is -2.19. The van der Waals surface area contributed by atoms with Crippen LogP contribution in [0.4, 0.5) is 10.5 Å². The molecule has 144 valence electrons. The summed E-state index contributed by atoms with van der Waals surface area (Å²) < 4.78 is 6.60. The van der Waals surface area contributed by atoms with Crippen LogP contribution in [0.25, 0.3) is 10.9 Å². The van der Waals surface area contributed by atoms with Crippen LogP contribution in [-0.4, -0.2) is 32.4 Å². The Morgan fingerprint density at radius 1 is 1.21 bits per heavy atom. The average Bonchev–Trinajstić information content (AvgIpc) is 3.34. The highest BCUT2D eigenvalue weighted by atomic mass is 16.6. The predicted molar refractivity (Wildman–Crippen MR) is 105 cm³/mol. The van der Waals surface area contributed by atoms with Crippen LogP contribution in [0, 0.1) is 5.92 Å². The fourth-order valence-electron chi connectivity index (χ4n) is 3.23. The molecule has 2 aromatic heterocycles. The molecule has 1 aliphatic carbocycles. The number of carbonyl (C=O) groups excluding carboxylic acids is 2. The minimum atomic E-state index is -0.617. The Balaban J connectivity index is 1.50. The summed E-state index contributed by atoms with van der Waals surface area (Å²) in [6, 6.07) is 9.25. The lowest BCUT2D eigenvalue weighted by molar-refractivity contribution is -0.117. The topological polar surface area (TPSA) is 86.1 Å². The van der Waals surface area contributed by atoms with Crippen molar-refractivity contribution in [3.05, 3.63) is 54.5 Å². The van der Waals surface area contributed by atoms with E-state index >= 15 is 0 Å². The van der Waals surface area contributed by atoms with Crippen LogP contribution >= 0.6 is 0 Å². The van der Waals surface area contributed by atoms with Gasteiger partial charge in [0.25, 0.3) is 0 Å². The van der Waals surface area contributed by atoms with E-state index < -0.39 is 11.7 Å².